The molecule has 1 aromatic rings. The molecule has 2 rings (SSSR count). The van der Waals surface area contributed by atoms with Crippen LogP contribution in [-0.2, 0) is 21.2 Å². The number of rotatable bonds is 6. The molecule has 1 heterocycles. The highest BCUT2D eigenvalue weighted by atomic mass is 32.2. The number of nitrogens with zero attached hydrogens (tertiary/aromatic N) is 1. The predicted octanol–water partition coefficient (Wildman–Crippen LogP) is 0.739. The van der Waals surface area contributed by atoms with Gasteiger partial charge in [0, 0.05) is 18.2 Å². The van der Waals surface area contributed by atoms with Gasteiger partial charge in [-0.1, -0.05) is 17.7 Å². The second-order valence-corrected chi connectivity index (χ2v) is 8.38. The van der Waals surface area contributed by atoms with Crippen LogP contribution in [0.25, 0.3) is 0 Å². The summed E-state index contributed by atoms with van der Waals surface area (Å²) in [5, 5.41) is 2.80. The van der Waals surface area contributed by atoms with Gasteiger partial charge in [-0.2, -0.15) is 0 Å². The molecule has 1 unspecified atom stereocenters. The van der Waals surface area contributed by atoms with Gasteiger partial charge >= 0.3 is 0 Å². The lowest BCUT2D eigenvalue weighted by atomic mass is 10.1. The minimum Gasteiger partial charge on any atom is -0.496 e. The topological polar surface area (TPSA) is 75.7 Å². The first kappa shape index (κ1) is 17.7. The minimum atomic E-state index is -2.98. The Hall–Kier alpha value is -1.60. The number of nitrogens with one attached hydrogen (secondary N) is 1. The van der Waals surface area contributed by atoms with Crippen LogP contribution >= 0.6 is 0 Å². The summed E-state index contributed by atoms with van der Waals surface area (Å²) in [6.07, 6.45) is 0.503. The van der Waals surface area contributed by atoms with Crippen LogP contribution in [0, 0.1) is 6.92 Å². The highest BCUT2D eigenvalue weighted by Gasteiger charge is 2.29. The average Bonchev–Trinajstić information content (AvgIpc) is 2.77. The summed E-state index contributed by atoms with van der Waals surface area (Å²) < 4.78 is 28.2. The molecule has 1 aliphatic rings. The molecule has 0 saturated carbocycles. The Bertz CT molecular complexity index is 673. The van der Waals surface area contributed by atoms with Crippen LogP contribution in [0.15, 0.2) is 18.2 Å². The van der Waals surface area contributed by atoms with E-state index in [-0.39, 0.29) is 30.0 Å². The lowest BCUT2D eigenvalue weighted by Gasteiger charge is -2.19. The minimum absolute atomic E-state index is 0.0498. The molecule has 1 saturated heterocycles. The van der Waals surface area contributed by atoms with Gasteiger partial charge in [-0.25, -0.2) is 8.42 Å². The van der Waals surface area contributed by atoms with Crippen LogP contribution in [-0.4, -0.2) is 57.5 Å². The highest BCUT2D eigenvalue weighted by Crippen LogP contribution is 2.21. The number of methoxy groups -OCH3 is 1. The summed E-state index contributed by atoms with van der Waals surface area (Å²) in [4.78, 5) is 13.9. The van der Waals surface area contributed by atoms with Gasteiger partial charge in [0.05, 0.1) is 25.2 Å². The average molecular weight is 340 g/mol. The second-order valence-electron chi connectivity index (χ2n) is 6.16. The molecular formula is C16H24N2O4S. The number of amides is 1. The SMILES string of the molecule is COc1ccc(C)cc1CN(C)CC(=O)NC1CCS(=O)(=O)C1. The van der Waals surface area contributed by atoms with Crippen molar-refractivity contribution in [3.63, 3.8) is 0 Å². The van der Waals surface area contributed by atoms with E-state index in [9.17, 15) is 13.2 Å². The highest BCUT2D eigenvalue weighted by molar-refractivity contribution is 7.91. The molecule has 1 atom stereocenters. The van der Waals surface area contributed by atoms with Gasteiger partial charge in [0.25, 0.3) is 0 Å². The summed E-state index contributed by atoms with van der Waals surface area (Å²) >= 11 is 0. The first-order chi connectivity index (χ1) is 10.8. The van der Waals surface area contributed by atoms with E-state index in [1.54, 1.807) is 7.11 Å². The van der Waals surface area contributed by atoms with Crippen molar-refractivity contribution >= 4 is 15.7 Å². The van der Waals surface area contributed by atoms with Gasteiger partial charge in [-0.15, -0.1) is 0 Å². The molecule has 0 bridgehead atoms. The molecule has 0 spiro atoms. The molecular weight excluding hydrogens is 316 g/mol. The van der Waals surface area contributed by atoms with Crippen molar-refractivity contribution in [3.05, 3.63) is 29.3 Å². The molecule has 0 radical (unpaired) electrons. The van der Waals surface area contributed by atoms with E-state index < -0.39 is 9.84 Å². The van der Waals surface area contributed by atoms with Crippen molar-refractivity contribution in [2.45, 2.75) is 25.9 Å². The van der Waals surface area contributed by atoms with Crippen LogP contribution in [0.5, 0.6) is 5.75 Å². The number of aryl methyl sites for hydroxylation is 1. The van der Waals surface area contributed by atoms with Crippen molar-refractivity contribution in [1.29, 1.82) is 0 Å². The van der Waals surface area contributed by atoms with Crippen LogP contribution in [0.4, 0.5) is 0 Å². The number of carbonyl (C=O) groups excluding carboxylic acids is 1. The van der Waals surface area contributed by atoms with Crippen molar-refractivity contribution < 1.29 is 17.9 Å². The van der Waals surface area contributed by atoms with Crippen LogP contribution in [0.3, 0.4) is 0 Å². The maximum Gasteiger partial charge on any atom is 0.234 e. The summed E-state index contributed by atoms with van der Waals surface area (Å²) in [7, 11) is 0.504. The van der Waals surface area contributed by atoms with E-state index in [2.05, 4.69) is 5.32 Å². The fourth-order valence-electron chi connectivity index (χ4n) is 2.80. The van der Waals surface area contributed by atoms with Crippen molar-refractivity contribution in [1.82, 2.24) is 10.2 Å². The Balaban J connectivity index is 1.88. The second kappa shape index (κ2) is 7.31. The normalized spacial score (nSPS) is 19.7. The van der Waals surface area contributed by atoms with Crippen LogP contribution in [0.2, 0.25) is 0 Å². The molecule has 6 nitrogen and oxygen atoms in total. The van der Waals surface area contributed by atoms with E-state index in [4.69, 9.17) is 4.74 Å². The Kier molecular flexibility index (Phi) is 5.64. The van der Waals surface area contributed by atoms with Crippen molar-refractivity contribution in [2.24, 2.45) is 0 Å². The quantitative estimate of drug-likeness (QED) is 0.827. The fourth-order valence-corrected chi connectivity index (χ4v) is 4.48. The van der Waals surface area contributed by atoms with Gasteiger partial charge in [0.15, 0.2) is 9.84 Å². The molecule has 1 aromatic carbocycles. The van der Waals surface area contributed by atoms with E-state index in [0.29, 0.717) is 13.0 Å². The van der Waals surface area contributed by atoms with Crippen LogP contribution in [0.1, 0.15) is 17.5 Å². The Morgan fingerprint density at radius 1 is 1.43 bits per heavy atom. The van der Waals surface area contributed by atoms with Crippen molar-refractivity contribution in [2.75, 3.05) is 32.2 Å². The molecule has 1 fully saturated rings. The number of sulfone groups is 1. The third-order valence-corrected chi connectivity index (χ3v) is 5.66. The van der Waals surface area contributed by atoms with Gasteiger partial charge in [0.2, 0.25) is 5.91 Å². The zero-order valence-electron chi connectivity index (χ0n) is 13.8. The number of hydrogen-bond donors (Lipinski definition) is 1. The van der Waals surface area contributed by atoms with Gasteiger partial charge in [-0.05, 0) is 26.5 Å². The molecule has 128 valence electrons. The smallest absolute Gasteiger partial charge is 0.234 e. The molecule has 1 N–H and O–H groups in total. The molecule has 7 heteroatoms. The standard InChI is InChI=1S/C16H24N2O4S/c1-12-4-5-15(22-3)13(8-12)9-18(2)10-16(19)17-14-6-7-23(20,21)11-14/h4-5,8,14H,6-7,9-11H2,1-3H3,(H,17,19). The van der Waals surface area contributed by atoms with Gasteiger partial charge in [-0.3, -0.25) is 9.69 Å². The van der Waals surface area contributed by atoms with Gasteiger partial charge in [0.1, 0.15) is 5.75 Å². The fraction of sp³-hybridized carbons (Fsp3) is 0.562. The third-order valence-electron chi connectivity index (χ3n) is 3.89. The van der Waals surface area contributed by atoms with E-state index in [1.807, 2.05) is 37.1 Å². The Morgan fingerprint density at radius 3 is 2.78 bits per heavy atom. The summed E-state index contributed by atoms with van der Waals surface area (Å²) in [6, 6.07) is 5.68. The number of benzene rings is 1. The third kappa shape index (κ3) is 5.21. The first-order valence-electron chi connectivity index (χ1n) is 7.61. The van der Waals surface area contributed by atoms with E-state index >= 15 is 0 Å². The number of likely N-dealkylation sites (N-methyl/N-ethyl adjacent to an activating group) is 1. The molecule has 23 heavy (non-hydrogen) atoms. The first-order valence-corrected chi connectivity index (χ1v) is 9.43. The molecule has 0 aliphatic carbocycles. The maximum absolute atomic E-state index is 12.1. The van der Waals surface area contributed by atoms with Crippen LogP contribution < -0.4 is 10.1 Å². The summed E-state index contributed by atoms with van der Waals surface area (Å²) in [6.45, 7) is 2.81. The Morgan fingerprint density at radius 2 is 2.17 bits per heavy atom. The number of ether oxygens (including phenoxy) is 1. The Labute approximate surface area is 137 Å². The lowest BCUT2D eigenvalue weighted by molar-refractivity contribution is -0.122. The number of hydrogen-bond acceptors (Lipinski definition) is 5. The molecule has 1 amide bonds. The largest absolute Gasteiger partial charge is 0.496 e. The van der Waals surface area contributed by atoms with E-state index in [0.717, 1.165) is 16.9 Å². The monoisotopic (exact) mass is 340 g/mol. The zero-order valence-corrected chi connectivity index (χ0v) is 14.6. The maximum atomic E-state index is 12.1. The molecule has 0 aromatic heterocycles. The summed E-state index contributed by atoms with van der Waals surface area (Å²) in [5.41, 5.74) is 2.15. The molecule has 1 aliphatic heterocycles. The lowest BCUT2D eigenvalue weighted by Crippen LogP contribution is -2.41. The summed E-state index contributed by atoms with van der Waals surface area (Å²) in [5.74, 6) is 0.855. The van der Waals surface area contributed by atoms with Crippen molar-refractivity contribution in [3.8, 4) is 5.75 Å². The number of carbonyl (C=O) groups is 1. The predicted molar refractivity (Wildman–Crippen MR) is 89.3 cm³/mol. The van der Waals surface area contributed by atoms with E-state index in [1.165, 1.54) is 0 Å². The zero-order chi connectivity index (χ0) is 17.0. The van der Waals surface area contributed by atoms with Gasteiger partial charge < -0.3 is 10.1 Å².